The lowest BCUT2D eigenvalue weighted by Gasteiger charge is -2.06. The Hall–Kier alpha value is -0.710. The van der Waals surface area contributed by atoms with Gasteiger partial charge in [-0.15, -0.1) is 0 Å². The largest absolute Gasteiger partial charge is 0.359 e. The van der Waals surface area contributed by atoms with E-state index >= 15 is 0 Å². The Morgan fingerprint density at radius 1 is 1.45 bits per heavy atom. The van der Waals surface area contributed by atoms with Gasteiger partial charge in [0.2, 0.25) is 0 Å². The van der Waals surface area contributed by atoms with Gasteiger partial charge in [-0.1, -0.05) is 23.9 Å². The third-order valence-electron chi connectivity index (χ3n) is 1.57. The Labute approximate surface area is 69.3 Å². The molecule has 2 rings (SSSR count). The molecular weight excluding hydrogens is 158 g/mol. The number of thioether (sulfide) groups is 1. The maximum absolute atomic E-state index is 5.28. The van der Waals surface area contributed by atoms with Gasteiger partial charge in [-0.2, -0.15) is 0 Å². The number of benzene rings is 1. The highest BCUT2D eigenvalue weighted by Crippen LogP contribution is 2.36. The second-order valence-electron chi connectivity index (χ2n) is 2.31. The first kappa shape index (κ1) is 6.97. The van der Waals surface area contributed by atoms with Crippen LogP contribution in [0.1, 0.15) is 0 Å². The van der Waals surface area contributed by atoms with Gasteiger partial charge in [0.25, 0.3) is 0 Å². The average Bonchev–Trinajstić information content (AvgIpc) is 2.46. The molecular formula is C7H9N3S. The van der Waals surface area contributed by atoms with Crippen molar-refractivity contribution in [3.8, 4) is 0 Å². The van der Waals surface area contributed by atoms with Crippen molar-refractivity contribution in [2.45, 2.75) is 10.4 Å². The van der Waals surface area contributed by atoms with Gasteiger partial charge < -0.3 is 5.32 Å². The fourth-order valence-electron chi connectivity index (χ4n) is 1.06. The smallest absolute Gasteiger partial charge is 0.142 e. The molecule has 11 heavy (non-hydrogen) atoms. The van der Waals surface area contributed by atoms with Gasteiger partial charge in [0.05, 0.1) is 0 Å². The van der Waals surface area contributed by atoms with Gasteiger partial charge in [0.15, 0.2) is 0 Å². The third-order valence-corrected chi connectivity index (χ3v) is 2.67. The molecule has 0 bridgehead atoms. The monoisotopic (exact) mass is 167 g/mol. The zero-order chi connectivity index (χ0) is 7.68. The molecule has 0 spiro atoms. The van der Waals surface area contributed by atoms with Gasteiger partial charge >= 0.3 is 0 Å². The molecule has 0 saturated heterocycles. The number of anilines is 1. The lowest BCUT2D eigenvalue weighted by molar-refractivity contribution is 0.751. The fourth-order valence-corrected chi connectivity index (χ4v) is 1.98. The van der Waals surface area contributed by atoms with E-state index in [2.05, 4.69) is 16.8 Å². The van der Waals surface area contributed by atoms with Crippen LogP contribution in [-0.2, 0) is 0 Å². The average molecular weight is 167 g/mol. The number of hydrazine groups is 1. The molecule has 1 aromatic rings. The van der Waals surface area contributed by atoms with Crippen LogP contribution in [-0.4, -0.2) is 5.50 Å². The molecule has 0 aliphatic carbocycles. The molecule has 0 radical (unpaired) electrons. The molecule has 0 fully saturated rings. The van der Waals surface area contributed by atoms with Crippen molar-refractivity contribution in [3.63, 3.8) is 0 Å². The van der Waals surface area contributed by atoms with Crippen molar-refractivity contribution in [2.24, 2.45) is 5.84 Å². The first-order valence-corrected chi connectivity index (χ1v) is 4.26. The van der Waals surface area contributed by atoms with Crippen LogP contribution < -0.4 is 16.6 Å². The predicted molar refractivity (Wildman–Crippen MR) is 47.0 cm³/mol. The Morgan fingerprint density at radius 2 is 2.27 bits per heavy atom. The highest BCUT2D eigenvalue weighted by Gasteiger charge is 2.18. The summed E-state index contributed by atoms with van der Waals surface area (Å²) in [6.07, 6.45) is 0. The number of nitrogens with two attached hydrogens (primary N) is 1. The minimum absolute atomic E-state index is 0.118. The van der Waals surface area contributed by atoms with Gasteiger partial charge in [-0.05, 0) is 12.1 Å². The maximum atomic E-state index is 5.28. The zero-order valence-electron chi connectivity index (χ0n) is 5.87. The van der Waals surface area contributed by atoms with Crippen LogP contribution in [0.25, 0.3) is 0 Å². The molecule has 0 saturated carbocycles. The lowest BCUT2D eigenvalue weighted by Crippen LogP contribution is -2.35. The van der Waals surface area contributed by atoms with E-state index in [9.17, 15) is 0 Å². The van der Waals surface area contributed by atoms with Crippen molar-refractivity contribution >= 4 is 17.4 Å². The van der Waals surface area contributed by atoms with Crippen LogP contribution in [0.3, 0.4) is 0 Å². The summed E-state index contributed by atoms with van der Waals surface area (Å²) in [5.74, 6) is 5.28. The second-order valence-corrected chi connectivity index (χ2v) is 3.45. The predicted octanol–water partition coefficient (Wildman–Crippen LogP) is 0.951. The van der Waals surface area contributed by atoms with Crippen molar-refractivity contribution in [1.82, 2.24) is 5.43 Å². The Morgan fingerprint density at radius 3 is 3.00 bits per heavy atom. The SMILES string of the molecule is NNC1Nc2ccccc2S1. The van der Waals surface area contributed by atoms with Gasteiger partial charge in [-0.25, -0.2) is 5.43 Å². The molecule has 0 amide bonds. The van der Waals surface area contributed by atoms with E-state index in [0.717, 1.165) is 5.69 Å². The van der Waals surface area contributed by atoms with Crippen LogP contribution in [0.5, 0.6) is 0 Å². The third kappa shape index (κ3) is 1.20. The Bertz CT molecular complexity index is 239. The van der Waals surface area contributed by atoms with E-state index in [-0.39, 0.29) is 5.50 Å². The van der Waals surface area contributed by atoms with Gasteiger partial charge in [0.1, 0.15) is 5.50 Å². The normalized spacial score (nSPS) is 21.0. The number of nitrogens with one attached hydrogen (secondary N) is 2. The maximum Gasteiger partial charge on any atom is 0.142 e. The number of fused-ring (bicyclic) bond motifs is 1. The molecule has 1 aromatic carbocycles. The van der Waals surface area contributed by atoms with Crippen LogP contribution in [0.2, 0.25) is 0 Å². The standard InChI is InChI=1S/C7H9N3S/c8-10-7-9-5-3-1-2-4-6(5)11-7/h1-4,7,9-10H,8H2. The number of para-hydroxylation sites is 1. The molecule has 1 heterocycles. The van der Waals surface area contributed by atoms with E-state index in [1.54, 1.807) is 11.8 Å². The summed E-state index contributed by atoms with van der Waals surface area (Å²) in [5.41, 5.74) is 3.93. The molecule has 1 unspecified atom stereocenters. The summed E-state index contributed by atoms with van der Waals surface area (Å²) >= 11 is 1.69. The highest BCUT2D eigenvalue weighted by atomic mass is 32.2. The Balaban J connectivity index is 2.27. The Kier molecular flexibility index (Phi) is 1.73. The number of hydrogen-bond donors (Lipinski definition) is 3. The van der Waals surface area contributed by atoms with Gasteiger partial charge in [0, 0.05) is 10.6 Å². The number of rotatable bonds is 1. The lowest BCUT2D eigenvalue weighted by atomic mass is 10.3. The van der Waals surface area contributed by atoms with E-state index < -0.39 is 0 Å². The van der Waals surface area contributed by atoms with E-state index in [0.29, 0.717) is 0 Å². The second kappa shape index (κ2) is 2.73. The molecule has 58 valence electrons. The molecule has 0 aromatic heterocycles. The topological polar surface area (TPSA) is 50.1 Å². The van der Waals surface area contributed by atoms with Crippen molar-refractivity contribution in [1.29, 1.82) is 0 Å². The zero-order valence-corrected chi connectivity index (χ0v) is 6.69. The van der Waals surface area contributed by atoms with Crippen LogP contribution in [0.4, 0.5) is 5.69 Å². The number of hydrogen-bond acceptors (Lipinski definition) is 4. The van der Waals surface area contributed by atoms with Crippen molar-refractivity contribution in [2.75, 3.05) is 5.32 Å². The van der Waals surface area contributed by atoms with Gasteiger partial charge in [-0.3, -0.25) is 5.84 Å². The summed E-state index contributed by atoms with van der Waals surface area (Å²) in [6, 6.07) is 8.14. The molecule has 4 heteroatoms. The first-order valence-electron chi connectivity index (χ1n) is 3.38. The molecule has 1 atom stereocenters. The fraction of sp³-hybridized carbons (Fsp3) is 0.143. The minimum Gasteiger partial charge on any atom is -0.359 e. The quantitative estimate of drug-likeness (QED) is 0.430. The van der Waals surface area contributed by atoms with E-state index in [1.807, 2.05) is 18.2 Å². The van der Waals surface area contributed by atoms with Crippen molar-refractivity contribution < 1.29 is 0 Å². The minimum atomic E-state index is 0.118. The summed E-state index contributed by atoms with van der Waals surface area (Å²) in [5, 5.41) is 3.21. The first-order chi connectivity index (χ1) is 5.40. The van der Waals surface area contributed by atoms with E-state index in [4.69, 9.17) is 5.84 Å². The van der Waals surface area contributed by atoms with Crippen LogP contribution in [0, 0.1) is 0 Å². The summed E-state index contributed by atoms with van der Waals surface area (Å²) in [7, 11) is 0. The summed E-state index contributed by atoms with van der Waals surface area (Å²) in [4.78, 5) is 1.25. The summed E-state index contributed by atoms with van der Waals surface area (Å²) < 4.78 is 0. The van der Waals surface area contributed by atoms with Crippen LogP contribution in [0.15, 0.2) is 29.2 Å². The molecule has 1 aliphatic heterocycles. The summed E-state index contributed by atoms with van der Waals surface area (Å²) in [6.45, 7) is 0. The molecule has 4 N–H and O–H groups in total. The van der Waals surface area contributed by atoms with Crippen molar-refractivity contribution in [3.05, 3.63) is 24.3 Å². The molecule has 1 aliphatic rings. The van der Waals surface area contributed by atoms with E-state index in [1.165, 1.54) is 4.90 Å². The molecule has 3 nitrogen and oxygen atoms in total. The highest BCUT2D eigenvalue weighted by molar-refractivity contribution is 8.00. The van der Waals surface area contributed by atoms with Crippen LogP contribution >= 0.6 is 11.8 Å².